The molecule has 0 amide bonds. The van der Waals surface area contributed by atoms with Gasteiger partial charge in [0, 0.05) is 16.9 Å². The first kappa shape index (κ1) is 18.2. The van der Waals surface area contributed by atoms with Gasteiger partial charge in [0.1, 0.15) is 11.2 Å². The lowest BCUT2D eigenvalue weighted by Crippen LogP contribution is -2.41. The van der Waals surface area contributed by atoms with Gasteiger partial charge in [-0.2, -0.15) is 0 Å². The highest BCUT2D eigenvalue weighted by atomic mass is 32.2. The van der Waals surface area contributed by atoms with Crippen molar-refractivity contribution < 1.29 is 19.1 Å². The van der Waals surface area contributed by atoms with Crippen molar-refractivity contribution in [2.75, 3.05) is 5.75 Å². The average Bonchev–Trinajstić information content (AvgIpc) is 2.96. The van der Waals surface area contributed by atoms with E-state index in [1.807, 2.05) is 12.1 Å². The van der Waals surface area contributed by atoms with Crippen LogP contribution in [0.25, 0.3) is 0 Å². The molecule has 0 bridgehead atoms. The maximum absolute atomic E-state index is 13.3. The Hall–Kier alpha value is -3.18. The molecule has 4 nitrogen and oxygen atoms in total. The van der Waals surface area contributed by atoms with E-state index >= 15 is 0 Å². The van der Waals surface area contributed by atoms with Crippen LogP contribution in [0.15, 0.2) is 84.9 Å². The molecule has 3 aromatic rings. The van der Waals surface area contributed by atoms with E-state index < -0.39 is 10.7 Å². The fraction of sp³-hybridized carbons (Fsp3) is 0.0870. The Balaban J connectivity index is 1.66. The molecular weight excluding hydrogens is 372 g/mol. The first-order chi connectivity index (χ1) is 13.6. The van der Waals surface area contributed by atoms with Crippen molar-refractivity contribution in [3.8, 4) is 5.75 Å². The van der Waals surface area contributed by atoms with Crippen LogP contribution in [0.2, 0.25) is 0 Å². The van der Waals surface area contributed by atoms with E-state index in [4.69, 9.17) is 4.74 Å². The van der Waals surface area contributed by atoms with Crippen molar-refractivity contribution in [3.05, 3.63) is 102 Å². The van der Waals surface area contributed by atoms with Crippen LogP contribution in [0.3, 0.4) is 0 Å². The third kappa shape index (κ3) is 3.04. The van der Waals surface area contributed by atoms with Gasteiger partial charge >= 0.3 is 5.30 Å². The average molecular weight is 388 g/mol. The van der Waals surface area contributed by atoms with Gasteiger partial charge in [0.2, 0.25) is 0 Å². The number of ether oxygens (including phenoxy) is 1. The van der Waals surface area contributed by atoms with Crippen molar-refractivity contribution in [3.63, 3.8) is 0 Å². The van der Waals surface area contributed by atoms with Crippen LogP contribution >= 0.6 is 11.8 Å². The third-order valence-corrected chi connectivity index (χ3v) is 5.71. The number of thioether (sulfide) groups is 1. The fourth-order valence-electron chi connectivity index (χ4n) is 3.42. The van der Waals surface area contributed by atoms with E-state index in [9.17, 15) is 14.4 Å². The molecule has 28 heavy (non-hydrogen) atoms. The van der Waals surface area contributed by atoms with Gasteiger partial charge in [0.05, 0.1) is 0 Å². The first-order valence-electron chi connectivity index (χ1n) is 8.77. The fourth-order valence-corrected chi connectivity index (χ4v) is 4.34. The van der Waals surface area contributed by atoms with Crippen LogP contribution in [0.5, 0.6) is 5.75 Å². The molecule has 1 aliphatic rings. The smallest absolute Gasteiger partial charge is 0.372 e. The van der Waals surface area contributed by atoms with Gasteiger partial charge in [0.25, 0.3) is 0 Å². The summed E-state index contributed by atoms with van der Waals surface area (Å²) in [5, 5.41) is -0.557. The third-order valence-electron chi connectivity index (χ3n) is 4.81. The summed E-state index contributed by atoms with van der Waals surface area (Å²) < 4.78 is 5.30. The number of carbonyl (C=O) groups excluding carboxylic acids is 3. The Morgan fingerprint density at radius 3 is 1.82 bits per heavy atom. The summed E-state index contributed by atoms with van der Waals surface area (Å²) in [7, 11) is 0. The quantitative estimate of drug-likeness (QED) is 0.468. The summed E-state index contributed by atoms with van der Waals surface area (Å²) in [4.78, 5) is 39.0. The molecule has 0 heterocycles. The van der Waals surface area contributed by atoms with Crippen LogP contribution in [-0.2, 0) is 5.41 Å². The highest BCUT2D eigenvalue weighted by molar-refractivity contribution is 8.13. The van der Waals surface area contributed by atoms with E-state index in [-0.39, 0.29) is 17.3 Å². The van der Waals surface area contributed by atoms with Crippen molar-refractivity contribution >= 4 is 28.6 Å². The predicted octanol–water partition coefficient (Wildman–Crippen LogP) is 4.94. The molecule has 0 spiro atoms. The van der Waals surface area contributed by atoms with Crippen LogP contribution in [-0.4, -0.2) is 22.6 Å². The van der Waals surface area contributed by atoms with Crippen molar-refractivity contribution in [1.82, 2.24) is 0 Å². The number of benzene rings is 3. The SMILES string of the molecule is O=C(Oc1ccccc1)SCC1(c2ccccc2)C(=O)c2ccccc2C1=O. The minimum atomic E-state index is -1.43. The zero-order valence-electron chi connectivity index (χ0n) is 14.8. The summed E-state index contributed by atoms with van der Waals surface area (Å²) in [6, 6.07) is 24.4. The molecule has 0 fully saturated rings. The molecule has 0 aromatic heterocycles. The molecule has 3 aromatic carbocycles. The maximum Gasteiger partial charge on any atom is 0.372 e. The lowest BCUT2D eigenvalue weighted by Gasteiger charge is -2.25. The number of para-hydroxylation sites is 1. The molecule has 4 rings (SSSR count). The summed E-state index contributed by atoms with van der Waals surface area (Å²) in [5.41, 5.74) is -0.0475. The Labute approximate surface area is 166 Å². The van der Waals surface area contributed by atoms with Crippen LogP contribution in [0.4, 0.5) is 4.79 Å². The highest BCUT2D eigenvalue weighted by Crippen LogP contribution is 2.42. The number of rotatable bonds is 4. The molecule has 0 aliphatic heterocycles. The molecule has 5 heteroatoms. The molecule has 0 saturated heterocycles. The van der Waals surface area contributed by atoms with Gasteiger partial charge < -0.3 is 4.74 Å². The molecule has 138 valence electrons. The lowest BCUT2D eigenvalue weighted by molar-refractivity contribution is 0.0815. The van der Waals surface area contributed by atoms with Gasteiger partial charge in [-0.3, -0.25) is 9.59 Å². The number of carbonyl (C=O) groups is 3. The van der Waals surface area contributed by atoms with E-state index in [1.165, 1.54) is 0 Å². The van der Waals surface area contributed by atoms with Crippen molar-refractivity contribution in [1.29, 1.82) is 0 Å². The molecular formula is C23H16O4S. The van der Waals surface area contributed by atoms with Crippen LogP contribution in [0, 0.1) is 0 Å². The molecule has 0 N–H and O–H groups in total. The second-order valence-corrected chi connectivity index (χ2v) is 7.34. The molecule has 0 atom stereocenters. The molecule has 0 saturated carbocycles. The largest absolute Gasteiger partial charge is 0.418 e. The minimum Gasteiger partial charge on any atom is -0.418 e. The Morgan fingerprint density at radius 1 is 0.750 bits per heavy atom. The maximum atomic E-state index is 13.3. The number of hydrogen-bond donors (Lipinski definition) is 0. The number of ketones is 2. The van der Waals surface area contributed by atoms with E-state index in [0.29, 0.717) is 22.4 Å². The summed E-state index contributed by atoms with van der Waals surface area (Å²) in [6.07, 6.45) is 0. The monoisotopic (exact) mass is 388 g/mol. The van der Waals surface area contributed by atoms with Gasteiger partial charge in [0.15, 0.2) is 11.6 Å². The Bertz CT molecular complexity index is 1010. The summed E-state index contributed by atoms with van der Waals surface area (Å²) >= 11 is 0.838. The van der Waals surface area contributed by atoms with Gasteiger partial charge in [-0.1, -0.05) is 72.8 Å². The van der Waals surface area contributed by atoms with E-state index in [2.05, 4.69) is 0 Å². The van der Waals surface area contributed by atoms with E-state index in [1.54, 1.807) is 72.8 Å². The zero-order valence-corrected chi connectivity index (χ0v) is 15.6. The molecule has 0 radical (unpaired) electrons. The van der Waals surface area contributed by atoms with Crippen molar-refractivity contribution in [2.45, 2.75) is 5.41 Å². The number of fused-ring (bicyclic) bond motifs is 1. The molecule has 1 aliphatic carbocycles. The summed E-state index contributed by atoms with van der Waals surface area (Å²) in [6.45, 7) is 0. The van der Waals surface area contributed by atoms with Crippen molar-refractivity contribution in [2.24, 2.45) is 0 Å². The molecule has 0 unspecified atom stereocenters. The first-order valence-corrected chi connectivity index (χ1v) is 9.75. The number of hydrogen-bond acceptors (Lipinski definition) is 5. The second kappa shape index (κ2) is 7.44. The topological polar surface area (TPSA) is 60.4 Å². The highest BCUT2D eigenvalue weighted by Gasteiger charge is 2.54. The predicted molar refractivity (Wildman–Crippen MR) is 108 cm³/mol. The summed E-state index contributed by atoms with van der Waals surface area (Å²) in [5.74, 6) is -0.158. The second-order valence-electron chi connectivity index (χ2n) is 6.43. The lowest BCUT2D eigenvalue weighted by atomic mass is 9.78. The van der Waals surface area contributed by atoms with Gasteiger partial charge in [-0.25, -0.2) is 4.79 Å². The normalized spacial score (nSPS) is 14.6. The standard InChI is InChI=1S/C23H16O4S/c24-20-18-13-7-8-14-19(18)21(25)23(20,16-9-3-1-4-10-16)15-28-22(26)27-17-11-5-2-6-12-17/h1-14H,15H2. The minimum absolute atomic E-state index is 0.0188. The van der Waals surface area contributed by atoms with Gasteiger partial charge in [-0.05, 0) is 29.5 Å². The van der Waals surface area contributed by atoms with E-state index in [0.717, 1.165) is 11.8 Å². The van der Waals surface area contributed by atoms with Crippen LogP contribution in [0.1, 0.15) is 26.3 Å². The number of Topliss-reactive ketones (excluding diaryl/α,β-unsaturated/α-hetero) is 2. The zero-order chi connectivity index (χ0) is 19.6. The Kier molecular flexibility index (Phi) is 4.84. The van der Waals surface area contributed by atoms with Crippen LogP contribution < -0.4 is 4.74 Å². The van der Waals surface area contributed by atoms with Gasteiger partial charge in [-0.15, -0.1) is 0 Å². The Morgan fingerprint density at radius 2 is 1.25 bits per heavy atom.